The number of nitrogens with zero attached hydrogens (tertiary/aromatic N) is 4. The molecule has 2 saturated heterocycles. The first-order valence-electron chi connectivity index (χ1n) is 11.3. The number of carbonyl (C=O) groups excluding carboxylic acids is 1. The fourth-order valence-electron chi connectivity index (χ4n) is 4.26. The average molecular weight is 495 g/mol. The van der Waals surface area contributed by atoms with Crippen molar-refractivity contribution in [2.45, 2.75) is 26.8 Å². The molecule has 0 saturated carbocycles. The van der Waals surface area contributed by atoms with Crippen molar-refractivity contribution in [3.05, 3.63) is 67.8 Å². The first kappa shape index (κ1) is 24.2. The van der Waals surface area contributed by atoms with Crippen LogP contribution in [0.1, 0.15) is 29.2 Å². The number of amides is 1. The van der Waals surface area contributed by atoms with Gasteiger partial charge in [0.2, 0.25) is 0 Å². The van der Waals surface area contributed by atoms with Crippen molar-refractivity contribution in [2.75, 3.05) is 37.7 Å². The number of morpholine rings is 1. The van der Waals surface area contributed by atoms with Crippen molar-refractivity contribution in [1.29, 1.82) is 5.26 Å². The summed E-state index contributed by atoms with van der Waals surface area (Å²) in [6.45, 7) is 6.93. The third kappa shape index (κ3) is 4.67. The lowest BCUT2D eigenvalue weighted by molar-refractivity contribution is -0.122. The molecule has 0 unspecified atom stereocenters. The second-order valence-corrected chi connectivity index (χ2v) is 9.74. The van der Waals surface area contributed by atoms with Gasteiger partial charge in [-0.2, -0.15) is 5.26 Å². The van der Waals surface area contributed by atoms with Crippen LogP contribution in [-0.2, 0) is 22.5 Å². The van der Waals surface area contributed by atoms with Crippen molar-refractivity contribution >= 4 is 46.1 Å². The van der Waals surface area contributed by atoms with Crippen molar-refractivity contribution < 1.29 is 9.53 Å². The van der Waals surface area contributed by atoms with Gasteiger partial charge in [0.1, 0.15) is 21.8 Å². The Bertz CT molecular complexity index is 1240. The van der Waals surface area contributed by atoms with Crippen LogP contribution in [0.5, 0.6) is 0 Å². The number of pyridine rings is 1. The van der Waals surface area contributed by atoms with E-state index >= 15 is 0 Å². The molecular weight excluding hydrogens is 468 g/mol. The van der Waals surface area contributed by atoms with Crippen LogP contribution in [0.2, 0.25) is 0 Å². The summed E-state index contributed by atoms with van der Waals surface area (Å²) < 4.78 is 7.64. The molecule has 0 N–H and O–H groups in total. The molecule has 1 aromatic heterocycles. The third-order valence-electron chi connectivity index (χ3n) is 6.09. The van der Waals surface area contributed by atoms with Gasteiger partial charge >= 0.3 is 0 Å². The molecule has 2 fully saturated rings. The first-order valence-corrected chi connectivity index (χ1v) is 12.5. The smallest absolute Gasteiger partial charge is 0.270 e. The summed E-state index contributed by atoms with van der Waals surface area (Å²) in [6, 6.07) is 12.0. The Morgan fingerprint density at radius 1 is 1.21 bits per heavy atom. The van der Waals surface area contributed by atoms with Crippen LogP contribution >= 0.6 is 24.0 Å². The highest BCUT2D eigenvalue weighted by Gasteiger charge is 2.33. The van der Waals surface area contributed by atoms with Gasteiger partial charge in [-0.3, -0.25) is 19.1 Å². The lowest BCUT2D eigenvalue weighted by Gasteiger charge is -2.33. The second-order valence-electron chi connectivity index (χ2n) is 8.07. The van der Waals surface area contributed by atoms with Gasteiger partial charge in [0, 0.05) is 31.7 Å². The molecule has 7 nitrogen and oxygen atoms in total. The van der Waals surface area contributed by atoms with Crippen LogP contribution in [0.3, 0.4) is 0 Å². The largest absolute Gasteiger partial charge is 0.378 e. The number of carbonyl (C=O) groups is 1. The van der Waals surface area contributed by atoms with E-state index in [4.69, 9.17) is 17.0 Å². The quantitative estimate of drug-likeness (QED) is 0.450. The molecule has 9 heteroatoms. The van der Waals surface area contributed by atoms with Gasteiger partial charge in [0.25, 0.3) is 11.5 Å². The van der Waals surface area contributed by atoms with E-state index in [0.717, 1.165) is 11.4 Å². The van der Waals surface area contributed by atoms with Gasteiger partial charge in [-0.1, -0.05) is 54.3 Å². The Kier molecular flexibility index (Phi) is 7.51. The number of anilines is 1. The summed E-state index contributed by atoms with van der Waals surface area (Å²) in [7, 11) is 0. The van der Waals surface area contributed by atoms with Gasteiger partial charge in [-0.15, -0.1) is 0 Å². The zero-order valence-corrected chi connectivity index (χ0v) is 20.9. The Hall–Kier alpha value is -2.93. The summed E-state index contributed by atoms with van der Waals surface area (Å²) in [6.07, 6.45) is 2.51. The molecule has 0 bridgehead atoms. The maximum Gasteiger partial charge on any atom is 0.270 e. The van der Waals surface area contributed by atoms with Crippen LogP contribution in [-0.4, -0.2) is 52.5 Å². The van der Waals surface area contributed by atoms with E-state index in [1.807, 2.05) is 37.3 Å². The number of ether oxygens (including phenoxy) is 1. The zero-order chi connectivity index (χ0) is 24.2. The maximum atomic E-state index is 13.3. The number of thiocarbonyl (C=S) groups is 1. The first-order chi connectivity index (χ1) is 16.5. The maximum absolute atomic E-state index is 13.3. The fourth-order valence-corrected chi connectivity index (χ4v) is 5.55. The topological polar surface area (TPSA) is 78.6 Å². The minimum atomic E-state index is -0.309. The Labute approximate surface area is 208 Å². The molecular formula is C25H26N4O3S2. The van der Waals surface area contributed by atoms with Gasteiger partial charge < -0.3 is 9.64 Å². The molecule has 2 aromatic rings. The van der Waals surface area contributed by atoms with Gasteiger partial charge in [0.05, 0.1) is 18.1 Å². The molecule has 0 aliphatic carbocycles. The Balaban J connectivity index is 1.74. The molecule has 1 amide bonds. The van der Waals surface area contributed by atoms with E-state index in [1.54, 1.807) is 22.5 Å². The Morgan fingerprint density at radius 2 is 1.91 bits per heavy atom. The summed E-state index contributed by atoms with van der Waals surface area (Å²) in [4.78, 5) is 30.6. The lowest BCUT2D eigenvalue weighted by atomic mass is 10.0. The highest BCUT2D eigenvalue weighted by Crippen LogP contribution is 2.36. The lowest BCUT2D eigenvalue weighted by Crippen LogP contribution is -2.41. The standard InChI is InChI=1S/C25H26N4O3S2/c1-3-28-22(27-11-13-32-14-12-27)19(17(2)20(16-26)23(28)30)15-21-24(31)29(25(33)34-21)10-9-18-7-5-4-6-8-18/h4-8,15H,3,9-14H2,1-2H3. The number of rotatable bonds is 6. The highest BCUT2D eigenvalue weighted by molar-refractivity contribution is 8.26. The fraction of sp³-hybridized carbons (Fsp3) is 0.360. The SMILES string of the molecule is CCn1c(N2CCOCC2)c(C=C2SC(=S)N(CCc3ccccc3)C2=O)c(C)c(C#N)c1=O. The third-order valence-corrected chi connectivity index (χ3v) is 7.47. The molecule has 1 aromatic carbocycles. The minimum Gasteiger partial charge on any atom is -0.378 e. The average Bonchev–Trinajstić information content (AvgIpc) is 3.12. The van der Waals surface area contributed by atoms with E-state index < -0.39 is 0 Å². The number of thioether (sulfide) groups is 1. The molecule has 0 radical (unpaired) electrons. The van der Waals surface area contributed by atoms with Crippen molar-refractivity contribution in [3.8, 4) is 6.07 Å². The van der Waals surface area contributed by atoms with E-state index in [0.29, 0.717) is 66.2 Å². The van der Waals surface area contributed by atoms with E-state index in [2.05, 4.69) is 11.0 Å². The van der Waals surface area contributed by atoms with E-state index in [9.17, 15) is 14.9 Å². The summed E-state index contributed by atoms with van der Waals surface area (Å²) in [5, 5.41) is 9.70. The van der Waals surface area contributed by atoms with Gasteiger partial charge in [-0.05, 0) is 37.5 Å². The zero-order valence-electron chi connectivity index (χ0n) is 19.2. The monoisotopic (exact) mass is 494 g/mol. The van der Waals surface area contributed by atoms with Crippen molar-refractivity contribution in [2.24, 2.45) is 0 Å². The predicted octanol–water partition coefficient (Wildman–Crippen LogP) is 3.33. The van der Waals surface area contributed by atoms with E-state index in [-0.39, 0.29) is 17.0 Å². The molecule has 0 atom stereocenters. The van der Waals surface area contributed by atoms with E-state index in [1.165, 1.54) is 11.8 Å². The van der Waals surface area contributed by atoms with Gasteiger partial charge in [0.15, 0.2) is 0 Å². The normalized spacial score (nSPS) is 17.5. The number of nitriles is 1. The van der Waals surface area contributed by atoms with Crippen molar-refractivity contribution in [3.63, 3.8) is 0 Å². The number of benzene rings is 1. The molecule has 2 aliphatic heterocycles. The van der Waals surface area contributed by atoms with Gasteiger partial charge in [-0.25, -0.2) is 0 Å². The van der Waals surface area contributed by atoms with Crippen LogP contribution in [0.15, 0.2) is 40.0 Å². The minimum absolute atomic E-state index is 0.102. The molecule has 34 heavy (non-hydrogen) atoms. The molecule has 3 heterocycles. The summed E-state index contributed by atoms with van der Waals surface area (Å²) >= 11 is 6.79. The Morgan fingerprint density at radius 3 is 2.56 bits per heavy atom. The van der Waals surface area contributed by atoms with Crippen LogP contribution in [0.25, 0.3) is 6.08 Å². The predicted molar refractivity (Wildman–Crippen MR) is 139 cm³/mol. The second kappa shape index (κ2) is 10.6. The van der Waals surface area contributed by atoms with Crippen molar-refractivity contribution in [1.82, 2.24) is 9.47 Å². The van der Waals surface area contributed by atoms with Crippen LogP contribution in [0, 0.1) is 18.3 Å². The highest BCUT2D eigenvalue weighted by atomic mass is 32.2. The molecule has 176 valence electrons. The number of hydrogen-bond acceptors (Lipinski definition) is 7. The molecule has 4 rings (SSSR count). The molecule has 2 aliphatic rings. The molecule has 0 spiro atoms. The summed E-state index contributed by atoms with van der Waals surface area (Å²) in [5.41, 5.74) is 2.22. The number of aromatic nitrogens is 1. The van der Waals surface area contributed by atoms with Crippen LogP contribution in [0.4, 0.5) is 5.82 Å². The summed E-state index contributed by atoms with van der Waals surface area (Å²) in [5.74, 6) is 0.577. The van der Waals surface area contributed by atoms with Crippen LogP contribution < -0.4 is 10.5 Å². The number of hydrogen-bond donors (Lipinski definition) is 0.